The SMILES string of the molecule is CCCCCCCCCCCCCCC(C(C)=O)n1cnc2c(Cl)nc(Cl)nc21. The van der Waals surface area contributed by atoms with Crippen molar-refractivity contribution in [2.45, 2.75) is 103 Å². The number of ketones is 1. The summed E-state index contributed by atoms with van der Waals surface area (Å²) in [6, 6.07) is -0.287. The van der Waals surface area contributed by atoms with Gasteiger partial charge in [-0.25, -0.2) is 9.97 Å². The van der Waals surface area contributed by atoms with Gasteiger partial charge in [-0.05, 0) is 24.9 Å². The zero-order chi connectivity index (χ0) is 21.1. The Morgan fingerprint density at radius 2 is 1.48 bits per heavy atom. The number of hydrogen-bond acceptors (Lipinski definition) is 4. The smallest absolute Gasteiger partial charge is 0.225 e. The first kappa shape index (κ1) is 24.1. The number of Topliss-reactive ketones (excluding diaryl/α,β-unsaturated/α-hetero) is 1. The van der Waals surface area contributed by atoms with Crippen LogP contribution in [0.15, 0.2) is 6.33 Å². The summed E-state index contributed by atoms with van der Waals surface area (Å²) in [4.78, 5) is 24.6. The van der Waals surface area contributed by atoms with Crippen LogP contribution in [0.4, 0.5) is 0 Å². The third-order valence-electron chi connectivity index (χ3n) is 5.49. The van der Waals surface area contributed by atoms with Crippen LogP contribution in [0.5, 0.6) is 0 Å². The highest BCUT2D eigenvalue weighted by Crippen LogP contribution is 2.26. The molecule has 2 aromatic heterocycles. The maximum absolute atomic E-state index is 12.2. The molecule has 162 valence electrons. The molecule has 5 nitrogen and oxygen atoms in total. The highest BCUT2D eigenvalue weighted by molar-refractivity contribution is 6.35. The van der Waals surface area contributed by atoms with Crippen molar-refractivity contribution in [3.63, 3.8) is 0 Å². The van der Waals surface area contributed by atoms with Gasteiger partial charge in [0.25, 0.3) is 0 Å². The summed E-state index contributed by atoms with van der Waals surface area (Å²) in [6.07, 6.45) is 18.0. The van der Waals surface area contributed by atoms with Crippen LogP contribution in [-0.4, -0.2) is 25.3 Å². The number of halogens is 2. The predicted octanol–water partition coefficient (Wildman–Crippen LogP) is 7.35. The van der Waals surface area contributed by atoms with E-state index in [1.165, 1.54) is 64.2 Å². The molecule has 0 aliphatic rings. The minimum atomic E-state index is -0.287. The second-order valence-electron chi connectivity index (χ2n) is 7.91. The number of unbranched alkanes of at least 4 members (excludes halogenated alkanes) is 11. The molecule has 1 unspecified atom stereocenters. The monoisotopic (exact) mass is 440 g/mol. The van der Waals surface area contributed by atoms with Gasteiger partial charge in [-0.3, -0.25) is 4.79 Å². The van der Waals surface area contributed by atoms with E-state index >= 15 is 0 Å². The molecule has 0 bridgehead atoms. The Morgan fingerprint density at radius 1 is 0.931 bits per heavy atom. The number of nitrogens with zero attached hydrogens (tertiary/aromatic N) is 4. The van der Waals surface area contributed by atoms with Gasteiger partial charge in [-0.1, -0.05) is 95.6 Å². The highest BCUT2D eigenvalue weighted by atomic mass is 35.5. The summed E-state index contributed by atoms with van der Waals surface area (Å²) in [5.74, 6) is 0.0956. The van der Waals surface area contributed by atoms with Crippen molar-refractivity contribution in [1.82, 2.24) is 19.5 Å². The number of hydrogen-bond donors (Lipinski definition) is 0. The number of imidazole rings is 1. The molecule has 2 aromatic rings. The standard InChI is InChI=1S/C22H34Cl2N4O/c1-3-4-5-6-7-8-9-10-11-12-13-14-15-18(17(2)29)28-16-25-19-20(23)26-22(24)27-21(19)28/h16,18H,3-15H2,1-2H3. The minimum absolute atomic E-state index is 0.0666. The van der Waals surface area contributed by atoms with Gasteiger partial charge in [-0.15, -0.1) is 0 Å². The van der Waals surface area contributed by atoms with E-state index in [1.807, 2.05) is 0 Å². The molecule has 0 radical (unpaired) electrons. The van der Waals surface area contributed by atoms with Crippen LogP contribution in [0.25, 0.3) is 11.2 Å². The maximum atomic E-state index is 12.2. The van der Waals surface area contributed by atoms with E-state index < -0.39 is 0 Å². The lowest BCUT2D eigenvalue weighted by molar-refractivity contribution is -0.120. The molecule has 0 saturated carbocycles. The Bertz CT molecular complexity index is 763. The summed E-state index contributed by atoms with van der Waals surface area (Å²) in [5, 5.41) is 0.281. The Morgan fingerprint density at radius 3 is 2.03 bits per heavy atom. The number of carbonyl (C=O) groups is 1. The molecule has 0 saturated heterocycles. The van der Waals surface area contributed by atoms with Gasteiger partial charge >= 0.3 is 0 Å². The van der Waals surface area contributed by atoms with Crippen LogP contribution in [0, 0.1) is 0 Å². The topological polar surface area (TPSA) is 60.7 Å². The zero-order valence-corrected chi connectivity index (χ0v) is 19.3. The second-order valence-corrected chi connectivity index (χ2v) is 8.61. The van der Waals surface area contributed by atoms with Crippen molar-refractivity contribution in [2.24, 2.45) is 0 Å². The van der Waals surface area contributed by atoms with Gasteiger partial charge in [0.15, 0.2) is 16.6 Å². The zero-order valence-electron chi connectivity index (χ0n) is 17.8. The maximum Gasteiger partial charge on any atom is 0.225 e. The Kier molecular flexibility index (Phi) is 10.9. The van der Waals surface area contributed by atoms with E-state index in [1.54, 1.807) is 17.8 Å². The van der Waals surface area contributed by atoms with Crippen LogP contribution >= 0.6 is 23.2 Å². The number of rotatable bonds is 15. The summed E-state index contributed by atoms with van der Waals surface area (Å²) >= 11 is 12.0. The van der Waals surface area contributed by atoms with Crippen LogP contribution in [0.3, 0.4) is 0 Å². The average molecular weight is 441 g/mol. The van der Waals surface area contributed by atoms with Gasteiger partial charge in [0.2, 0.25) is 5.28 Å². The largest absolute Gasteiger partial charge is 0.304 e. The lowest BCUT2D eigenvalue weighted by atomic mass is 10.0. The second kappa shape index (κ2) is 13.2. The molecule has 0 aromatic carbocycles. The third kappa shape index (κ3) is 7.86. The van der Waals surface area contributed by atoms with Crippen LogP contribution in [-0.2, 0) is 4.79 Å². The molecular weight excluding hydrogens is 407 g/mol. The molecule has 0 amide bonds. The number of fused-ring (bicyclic) bond motifs is 1. The highest BCUT2D eigenvalue weighted by Gasteiger charge is 2.21. The Labute approximate surface area is 184 Å². The van der Waals surface area contributed by atoms with Crippen molar-refractivity contribution >= 4 is 40.1 Å². The fraction of sp³-hybridized carbons (Fsp3) is 0.727. The lowest BCUT2D eigenvalue weighted by Crippen LogP contribution is -2.17. The van der Waals surface area contributed by atoms with Gasteiger partial charge in [-0.2, -0.15) is 4.98 Å². The first-order valence-electron chi connectivity index (χ1n) is 11.1. The fourth-order valence-electron chi connectivity index (χ4n) is 3.80. The molecule has 0 aliphatic carbocycles. The molecule has 2 rings (SSSR count). The van der Waals surface area contributed by atoms with Crippen molar-refractivity contribution in [3.05, 3.63) is 16.8 Å². The average Bonchev–Trinajstić information content (AvgIpc) is 3.09. The van der Waals surface area contributed by atoms with Crippen molar-refractivity contribution < 1.29 is 4.79 Å². The molecule has 0 aliphatic heterocycles. The van der Waals surface area contributed by atoms with Crippen LogP contribution in [0.2, 0.25) is 10.4 Å². The lowest BCUT2D eigenvalue weighted by Gasteiger charge is -2.16. The first-order valence-corrected chi connectivity index (χ1v) is 11.9. The molecule has 0 spiro atoms. The van der Waals surface area contributed by atoms with E-state index in [4.69, 9.17) is 23.2 Å². The Balaban J connectivity index is 1.70. The Hall–Kier alpha value is -1.20. The van der Waals surface area contributed by atoms with Crippen molar-refractivity contribution in [2.75, 3.05) is 0 Å². The van der Waals surface area contributed by atoms with Gasteiger partial charge < -0.3 is 4.57 Å². The normalized spacial score (nSPS) is 12.6. The van der Waals surface area contributed by atoms with E-state index in [9.17, 15) is 4.79 Å². The predicted molar refractivity (Wildman–Crippen MR) is 121 cm³/mol. The van der Waals surface area contributed by atoms with E-state index in [0.717, 1.165) is 19.3 Å². The molecule has 1 atom stereocenters. The van der Waals surface area contributed by atoms with E-state index in [2.05, 4.69) is 21.9 Å². The quantitative estimate of drug-likeness (QED) is 0.165. The molecule has 0 fully saturated rings. The van der Waals surface area contributed by atoms with Gasteiger partial charge in [0.05, 0.1) is 12.4 Å². The fourth-order valence-corrected chi connectivity index (χ4v) is 4.22. The van der Waals surface area contributed by atoms with E-state index in [0.29, 0.717) is 11.2 Å². The molecule has 0 N–H and O–H groups in total. The number of aromatic nitrogens is 4. The van der Waals surface area contributed by atoms with Gasteiger partial charge in [0.1, 0.15) is 5.52 Å². The van der Waals surface area contributed by atoms with Gasteiger partial charge in [0, 0.05) is 0 Å². The number of carbonyl (C=O) groups excluding carboxylic acids is 1. The molecular formula is C22H34Cl2N4O. The molecule has 29 heavy (non-hydrogen) atoms. The molecule has 2 heterocycles. The van der Waals surface area contributed by atoms with Crippen molar-refractivity contribution in [1.29, 1.82) is 0 Å². The minimum Gasteiger partial charge on any atom is -0.304 e. The third-order valence-corrected chi connectivity index (χ3v) is 5.92. The van der Waals surface area contributed by atoms with E-state index in [-0.39, 0.29) is 22.3 Å². The summed E-state index contributed by atoms with van der Waals surface area (Å²) in [6.45, 7) is 3.87. The van der Waals surface area contributed by atoms with Crippen LogP contribution in [0.1, 0.15) is 103 Å². The van der Waals surface area contributed by atoms with Crippen LogP contribution < -0.4 is 0 Å². The molecule has 7 heteroatoms. The first-order chi connectivity index (χ1) is 14.0. The summed E-state index contributed by atoms with van der Waals surface area (Å²) < 4.78 is 1.79. The summed E-state index contributed by atoms with van der Waals surface area (Å²) in [7, 11) is 0. The summed E-state index contributed by atoms with van der Waals surface area (Å²) in [5.41, 5.74) is 1.01. The van der Waals surface area contributed by atoms with Crippen molar-refractivity contribution in [3.8, 4) is 0 Å².